The lowest BCUT2D eigenvalue weighted by atomic mass is 10.2. The number of nitriles is 1. The van der Waals surface area contributed by atoms with E-state index in [4.69, 9.17) is 16.9 Å². The molecule has 2 aromatic carbocycles. The molecule has 0 aliphatic carbocycles. The van der Waals surface area contributed by atoms with E-state index in [9.17, 15) is 0 Å². The van der Waals surface area contributed by atoms with E-state index in [1.165, 1.54) is 5.56 Å². The fourth-order valence-electron chi connectivity index (χ4n) is 2.34. The number of nitrogens with one attached hydrogen (secondary N) is 1. The van der Waals surface area contributed by atoms with E-state index in [1.54, 1.807) is 18.2 Å². The Balaban J connectivity index is 1.68. The minimum Gasteiger partial charge on any atom is -0.379 e. The van der Waals surface area contributed by atoms with Crippen molar-refractivity contribution in [2.75, 3.05) is 5.32 Å². The van der Waals surface area contributed by atoms with Crippen LogP contribution in [0.4, 0.5) is 5.69 Å². The number of benzene rings is 2. The molecule has 3 rings (SSSR count). The summed E-state index contributed by atoms with van der Waals surface area (Å²) in [7, 11) is 0. The maximum Gasteiger partial charge on any atom is 0.101 e. The average Bonchev–Trinajstić information content (AvgIpc) is 3.02. The molecule has 0 saturated heterocycles. The molecule has 0 fully saturated rings. The summed E-state index contributed by atoms with van der Waals surface area (Å²) in [5.41, 5.74) is 3.43. The third-order valence-electron chi connectivity index (χ3n) is 3.48. The zero-order valence-corrected chi connectivity index (χ0v) is 13.2. The minimum atomic E-state index is 0.536. The van der Waals surface area contributed by atoms with Crippen LogP contribution in [0.2, 0.25) is 5.02 Å². The van der Waals surface area contributed by atoms with Gasteiger partial charge in [-0.2, -0.15) is 10.4 Å². The lowest BCUT2D eigenvalue weighted by Crippen LogP contribution is -2.02. The number of hydrogen-bond acceptors (Lipinski definition) is 3. The van der Waals surface area contributed by atoms with Crippen LogP contribution in [0.1, 0.15) is 16.7 Å². The Morgan fingerprint density at radius 1 is 1.09 bits per heavy atom. The fraction of sp³-hybridized carbons (Fsp3) is 0.111. The number of halogens is 1. The van der Waals surface area contributed by atoms with Gasteiger partial charge in [0.25, 0.3) is 0 Å². The average molecular weight is 323 g/mol. The van der Waals surface area contributed by atoms with Crippen LogP contribution in [0.25, 0.3) is 0 Å². The van der Waals surface area contributed by atoms with Crippen LogP contribution < -0.4 is 5.32 Å². The van der Waals surface area contributed by atoms with Gasteiger partial charge in [0.05, 0.1) is 29.0 Å². The van der Waals surface area contributed by atoms with Gasteiger partial charge in [0.15, 0.2) is 0 Å². The summed E-state index contributed by atoms with van der Waals surface area (Å²) in [6.45, 7) is 1.30. The summed E-state index contributed by atoms with van der Waals surface area (Å²) >= 11 is 6.15. The Morgan fingerprint density at radius 3 is 2.70 bits per heavy atom. The molecule has 0 spiro atoms. The Labute approximate surface area is 139 Å². The molecular weight excluding hydrogens is 308 g/mol. The van der Waals surface area contributed by atoms with Crippen molar-refractivity contribution in [1.82, 2.24) is 9.78 Å². The molecule has 5 heteroatoms. The van der Waals surface area contributed by atoms with Gasteiger partial charge in [-0.15, -0.1) is 0 Å². The maximum atomic E-state index is 9.14. The van der Waals surface area contributed by atoms with Crippen molar-refractivity contribution in [2.45, 2.75) is 13.1 Å². The van der Waals surface area contributed by atoms with Crippen LogP contribution in [-0.2, 0) is 13.1 Å². The molecule has 114 valence electrons. The van der Waals surface area contributed by atoms with E-state index < -0.39 is 0 Å². The normalized spacial score (nSPS) is 10.3. The number of anilines is 1. The Morgan fingerprint density at radius 2 is 1.91 bits per heavy atom. The third-order valence-corrected chi connectivity index (χ3v) is 3.79. The Kier molecular flexibility index (Phi) is 4.60. The third kappa shape index (κ3) is 3.71. The minimum absolute atomic E-state index is 0.536. The number of aromatic nitrogens is 2. The van der Waals surface area contributed by atoms with E-state index in [0.717, 1.165) is 12.1 Å². The largest absolute Gasteiger partial charge is 0.379 e. The number of para-hydroxylation sites is 1. The number of rotatable bonds is 5. The second-order valence-electron chi connectivity index (χ2n) is 5.16. The summed E-state index contributed by atoms with van der Waals surface area (Å²) in [4.78, 5) is 0. The van der Waals surface area contributed by atoms with Gasteiger partial charge in [-0.1, -0.05) is 48.0 Å². The Hall–Kier alpha value is -2.77. The molecule has 1 aromatic heterocycles. The monoisotopic (exact) mass is 322 g/mol. The maximum absolute atomic E-state index is 9.14. The first kappa shape index (κ1) is 15.1. The van der Waals surface area contributed by atoms with E-state index >= 15 is 0 Å². The zero-order valence-electron chi connectivity index (χ0n) is 12.4. The van der Waals surface area contributed by atoms with Crippen molar-refractivity contribution in [3.8, 4) is 6.07 Å². The summed E-state index contributed by atoms with van der Waals surface area (Å²) in [5.74, 6) is 0. The summed E-state index contributed by atoms with van der Waals surface area (Å²) in [6, 6.07) is 17.6. The van der Waals surface area contributed by atoms with Crippen LogP contribution in [-0.4, -0.2) is 9.78 Å². The summed E-state index contributed by atoms with van der Waals surface area (Å²) in [6.07, 6.45) is 3.81. The van der Waals surface area contributed by atoms with Crippen molar-refractivity contribution in [3.05, 3.63) is 82.6 Å². The number of nitrogens with zero attached hydrogens (tertiary/aromatic N) is 3. The van der Waals surface area contributed by atoms with Gasteiger partial charge >= 0.3 is 0 Å². The van der Waals surface area contributed by atoms with Crippen LogP contribution in [0.5, 0.6) is 0 Å². The summed E-state index contributed by atoms with van der Waals surface area (Å²) in [5, 5.41) is 17.3. The standard InChI is InChI=1S/C18H15ClN4/c19-17-8-4-7-16(9-20)18(17)21-10-15-11-22-23(13-15)12-14-5-2-1-3-6-14/h1-8,11,13,21H,10,12H2. The molecule has 0 aliphatic rings. The molecule has 0 aliphatic heterocycles. The molecule has 0 atom stereocenters. The van der Waals surface area contributed by atoms with E-state index in [1.807, 2.05) is 35.3 Å². The number of hydrogen-bond donors (Lipinski definition) is 1. The molecular formula is C18H15ClN4. The van der Waals surface area contributed by atoms with Crippen molar-refractivity contribution in [2.24, 2.45) is 0 Å². The Bertz CT molecular complexity index is 834. The van der Waals surface area contributed by atoms with E-state index in [0.29, 0.717) is 22.8 Å². The lowest BCUT2D eigenvalue weighted by Gasteiger charge is -2.08. The molecule has 0 amide bonds. The summed E-state index contributed by atoms with van der Waals surface area (Å²) < 4.78 is 1.89. The predicted molar refractivity (Wildman–Crippen MR) is 91.3 cm³/mol. The first-order chi connectivity index (χ1) is 11.3. The van der Waals surface area contributed by atoms with Crippen LogP contribution in [0.3, 0.4) is 0 Å². The highest BCUT2D eigenvalue weighted by Gasteiger charge is 2.07. The van der Waals surface area contributed by atoms with Gasteiger partial charge in [0.2, 0.25) is 0 Å². The van der Waals surface area contributed by atoms with Gasteiger partial charge in [-0.25, -0.2) is 0 Å². The highest BCUT2D eigenvalue weighted by Crippen LogP contribution is 2.25. The first-order valence-electron chi connectivity index (χ1n) is 7.24. The van der Waals surface area contributed by atoms with Crippen molar-refractivity contribution in [3.63, 3.8) is 0 Å². The fourth-order valence-corrected chi connectivity index (χ4v) is 2.58. The SMILES string of the molecule is N#Cc1cccc(Cl)c1NCc1cnn(Cc2ccccc2)c1. The molecule has 23 heavy (non-hydrogen) atoms. The quantitative estimate of drug-likeness (QED) is 0.770. The highest BCUT2D eigenvalue weighted by molar-refractivity contribution is 6.33. The highest BCUT2D eigenvalue weighted by atomic mass is 35.5. The van der Waals surface area contributed by atoms with Crippen LogP contribution in [0, 0.1) is 11.3 Å². The van der Waals surface area contributed by atoms with Crippen molar-refractivity contribution < 1.29 is 0 Å². The van der Waals surface area contributed by atoms with Gasteiger partial charge in [0.1, 0.15) is 6.07 Å². The van der Waals surface area contributed by atoms with Crippen LogP contribution >= 0.6 is 11.6 Å². The molecule has 0 unspecified atom stereocenters. The second-order valence-corrected chi connectivity index (χ2v) is 5.57. The molecule has 0 saturated carbocycles. The van der Waals surface area contributed by atoms with Gasteiger partial charge < -0.3 is 5.32 Å². The predicted octanol–water partition coefficient (Wildman–Crippen LogP) is 4.07. The van der Waals surface area contributed by atoms with E-state index in [-0.39, 0.29) is 0 Å². The van der Waals surface area contributed by atoms with Crippen LogP contribution in [0.15, 0.2) is 60.9 Å². The smallest absolute Gasteiger partial charge is 0.101 e. The molecule has 1 heterocycles. The van der Waals surface area contributed by atoms with Crippen molar-refractivity contribution >= 4 is 17.3 Å². The van der Waals surface area contributed by atoms with Gasteiger partial charge in [0, 0.05) is 18.3 Å². The second kappa shape index (κ2) is 6.99. The van der Waals surface area contributed by atoms with Crippen molar-refractivity contribution in [1.29, 1.82) is 5.26 Å². The molecule has 1 N–H and O–H groups in total. The topological polar surface area (TPSA) is 53.6 Å². The van der Waals surface area contributed by atoms with E-state index in [2.05, 4.69) is 28.6 Å². The van der Waals surface area contributed by atoms with Gasteiger partial charge in [-0.05, 0) is 17.7 Å². The molecule has 3 aromatic rings. The molecule has 4 nitrogen and oxygen atoms in total. The zero-order chi connectivity index (χ0) is 16.1. The van der Waals surface area contributed by atoms with Gasteiger partial charge in [-0.3, -0.25) is 4.68 Å². The molecule has 0 radical (unpaired) electrons. The lowest BCUT2D eigenvalue weighted by molar-refractivity contribution is 0.686. The first-order valence-corrected chi connectivity index (χ1v) is 7.62. The molecule has 0 bridgehead atoms.